The Morgan fingerprint density at radius 3 is 2.55 bits per heavy atom. The summed E-state index contributed by atoms with van der Waals surface area (Å²) in [7, 11) is 0. The summed E-state index contributed by atoms with van der Waals surface area (Å²) in [5.74, 6) is 0.505. The number of benzene rings is 1. The van der Waals surface area contributed by atoms with Gasteiger partial charge in [-0.1, -0.05) is 6.07 Å². The summed E-state index contributed by atoms with van der Waals surface area (Å²) in [6, 6.07) is 7.57. The van der Waals surface area contributed by atoms with Crippen molar-refractivity contribution in [2.24, 2.45) is 10.7 Å². The first-order valence-electron chi connectivity index (χ1n) is 8.42. The Labute approximate surface area is 134 Å². The van der Waals surface area contributed by atoms with E-state index in [2.05, 4.69) is 61.1 Å². The Morgan fingerprint density at radius 1 is 1.18 bits per heavy atom. The van der Waals surface area contributed by atoms with E-state index in [1.54, 1.807) is 0 Å². The normalized spacial score (nSPS) is 15.0. The Kier molecular flexibility index (Phi) is 5.83. The van der Waals surface area contributed by atoms with Crippen molar-refractivity contribution in [1.82, 2.24) is 4.90 Å². The predicted octanol–water partition coefficient (Wildman–Crippen LogP) is 3.02. The van der Waals surface area contributed by atoms with E-state index in [-0.39, 0.29) is 0 Å². The van der Waals surface area contributed by atoms with Crippen LogP contribution in [-0.2, 0) is 12.8 Å². The number of rotatable bonds is 6. The van der Waals surface area contributed by atoms with Gasteiger partial charge in [0.25, 0.3) is 0 Å². The largest absolute Gasteiger partial charge is 0.370 e. The zero-order valence-corrected chi connectivity index (χ0v) is 14.4. The highest BCUT2D eigenvalue weighted by molar-refractivity contribution is 5.92. The molecule has 0 aromatic heterocycles. The molecule has 0 fully saturated rings. The topological polar surface area (TPSA) is 53.6 Å². The third-order valence-corrected chi connectivity index (χ3v) is 4.34. The molecule has 0 saturated heterocycles. The molecule has 0 saturated carbocycles. The van der Waals surface area contributed by atoms with E-state index < -0.39 is 0 Å². The van der Waals surface area contributed by atoms with Crippen LogP contribution in [-0.4, -0.2) is 36.0 Å². The van der Waals surface area contributed by atoms with Crippen LogP contribution in [0.4, 0.5) is 5.69 Å². The number of anilines is 1. The number of aliphatic imine (C=N–C) groups is 1. The van der Waals surface area contributed by atoms with Crippen molar-refractivity contribution in [3.63, 3.8) is 0 Å². The summed E-state index contributed by atoms with van der Waals surface area (Å²) in [5.41, 5.74) is 9.98. The summed E-state index contributed by atoms with van der Waals surface area (Å²) in [5, 5.41) is 3.21. The van der Waals surface area contributed by atoms with Crippen molar-refractivity contribution in [1.29, 1.82) is 0 Å². The molecule has 1 aliphatic carbocycles. The van der Waals surface area contributed by atoms with Crippen LogP contribution in [0.5, 0.6) is 0 Å². The third kappa shape index (κ3) is 4.47. The molecule has 1 aliphatic rings. The van der Waals surface area contributed by atoms with Gasteiger partial charge in [0.1, 0.15) is 0 Å². The zero-order chi connectivity index (χ0) is 16.1. The number of nitrogens with zero attached hydrogens (tertiary/aromatic N) is 2. The Balaban J connectivity index is 1.87. The van der Waals surface area contributed by atoms with E-state index in [1.807, 2.05) is 0 Å². The SMILES string of the molecule is CC(C)N(CCN=C(N)Nc1ccc2c(c1)CCC2)C(C)C. The van der Waals surface area contributed by atoms with Crippen LogP contribution in [0, 0.1) is 0 Å². The zero-order valence-electron chi connectivity index (χ0n) is 14.4. The number of hydrogen-bond donors (Lipinski definition) is 2. The van der Waals surface area contributed by atoms with E-state index in [1.165, 1.54) is 30.4 Å². The molecule has 0 radical (unpaired) electrons. The minimum Gasteiger partial charge on any atom is -0.370 e. The van der Waals surface area contributed by atoms with Gasteiger partial charge in [-0.25, -0.2) is 0 Å². The van der Waals surface area contributed by atoms with Gasteiger partial charge in [0.2, 0.25) is 0 Å². The van der Waals surface area contributed by atoms with Gasteiger partial charge in [-0.15, -0.1) is 0 Å². The molecule has 122 valence electrons. The van der Waals surface area contributed by atoms with Crippen molar-refractivity contribution in [2.45, 2.75) is 59.0 Å². The molecule has 0 amide bonds. The minimum atomic E-state index is 0.505. The van der Waals surface area contributed by atoms with Gasteiger partial charge in [0.15, 0.2) is 5.96 Å². The van der Waals surface area contributed by atoms with Gasteiger partial charge in [-0.05, 0) is 70.2 Å². The summed E-state index contributed by atoms with van der Waals surface area (Å²) in [6.45, 7) is 10.5. The molecule has 0 unspecified atom stereocenters. The van der Waals surface area contributed by atoms with Gasteiger partial charge in [-0.2, -0.15) is 0 Å². The Bertz CT molecular complexity index is 512. The molecule has 2 rings (SSSR count). The molecule has 0 spiro atoms. The van der Waals surface area contributed by atoms with Gasteiger partial charge in [0, 0.05) is 24.3 Å². The average Bonchev–Trinajstić information content (AvgIpc) is 2.90. The number of nitrogens with one attached hydrogen (secondary N) is 1. The van der Waals surface area contributed by atoms with Gasteiger partial charge in [0.05, 0.1) is 6.54 Å². The lowest BCUT2D eigenvalue weighted by Crippen LogP contribution is -2.39. The van der Waals surface area contributed by atoms with Gasteiger partial charge < -0.3 is 11.1 Å². The fourth-order valence-electron chi connectivity index (χ4n) is 3.24. The Morgan fingerprint density at radius 2 is 1.86 bits per heavy atom. The third-order valence-electron chi connectivity index (χ3n) is 4.34. The highest BCUT2D eigenvalue weighted by Gasteiger charge is 2.13. The van der Waals surface area contributed by atoms with E-state index >= 15 is 0 Å². The molecule has 0 heterocycles. The highest BCUT2D eigenvalue weighted by Crippen LogP contribution is 2.24. The lowest BCUT2D eigenvalue weighted by molar-refractivity contribution is 0.181. The van der Waals surface area contributed by atoms with Crippen molar-refractivity contribution in [2.75, 3.05) is 18.4 Å². The van der Waals surface area contributed by atoms with E-state index in [0.717, 1.165) is 18.8 Å². The summed E-state index contributed by atoms with van der Waals surface area (Å²) >= 11 is 0. The van der Waals surface area contributed by atoms with Crippen molar-refractivity contribution in [3.8, 4) is 0 Å². The van der Waals surface area contributed by atoms with Crippen LogP contribution in [0.2, 0.25) is 0 Å². The summed E-state index contributed by atoms with van der Waals surface area (Å²) in [6.07, 6.45) is 3.65. The number of hydrogen-bond acceptors (Lipinski definition) is 2. The van der Waals surface area contributed by atoms with Crippen molar-refractivity contribution < 1.29 is 0 Å². The number of aryl methyl sites for hydroxylation is 2. The van der Waals surface area contributed by atoms with Crippen molar-refractivity contribution in [3.05, 3.63) is 29.3 Å². The first kappa shape index (κ1) is 16.8. The Hall–Kier alpha value is -1.55. The van der Waals surface area contributed by atoms with Crippen molar-refractivity contribution >= 4 is 11.6 Å². The molecule has 0 atom stereocenters. The second-order valence-electron chi connectivity index (χ2n) is 6.65. The van der Waals surface area contributed by atoms with Crippen LogP contribution < -0.4 is 11.1 Å². The predicted molar refractivity (Wildman–Crippen MR) is 95.6 cm³/mol. The highest BCUT2D eigenvalue weighted by atomic mass is 15.2. The molecular weight excluding hydrogens is 272 g/mol. The molecule has 4 nitrogen and oxygen atoms in total. The molecular formula is C18H30N4. The lowest BCUT2D eigenvalue weighted by Gasteiger charge is -2.29. The van der Waals surface area contributed by atoms with Crippen LogP contribution in [0.3, 0.4) is 0 Å². The molecule has 1 aromatic rings. The second kappa shape index (κ2) is 7.63. The molecule has 4 heteroatoms. The van der Waals surface area contributed by atoms with Crippen LogP contribution in [0.1, 0.15) is 45.2 Å². The number of fused-ring (bicyclic) bond motifs is 1. The molecule has 22 heavy (non-hydrogen) atoms. The standard InChI is InChI=1S/C18H30N4/c1-13(2)22(14(3)4)11-10-20-18(19)21-17-9-8-15-6-5-7-16(15)12-17/h8-9,12-14H,5-7,10-11H2,1-4H3,(H3,19,20,21). The maximum Gasteiger partial charge on any atom is 0.193 e. The van der Waals surface area contributed by atoms with Gasteiger partial charge >= 0.3 is 0 Å². The van der Waals surface area contributed by atoms with E-state index in [0.29, 0.717) is 18.0 Å². The fourth-order valence-corrected chi connectivity index (χ4v) is 3.24. The summed E-state index contributed by atoms with van der Waals surface area (Å²) < 4.78 is 0. The maximum atomic E-state index is 6.01. The van der Waals surface area contributed by atoms with Gasteiger partial charge in [-0.3, -0.25) is 9.89 Å². The van der Waals surface area contributed by atoms with Crippen LogP contribution in [0.25, 0.3) is 0 Å². The summed E-state index contributed by atoms with van der Waals surface area (Å²) in [4.78, 5) is 6.88. The van der Waals surface area contributed by atoms with Crippen LogP contribution >= 0.6 is 0 Å². The molecule has 0 bridgehead atoms. The quantitative estimate of drug-likeness (QED) is 0.627. The van der Waals surface area contributed by atoms with E-state index in [4.69, 9.17) is 5.73 Å². The smallest absolute Gasteiger partial charge is 0.193 e. The number of nitrogens with two attached hydrogens (primary N) is 1. The first-order chi connectivity index (χ1) is 10.5. The average molecular weight is 302 g/mol. The van der Waals surface area contributed by atoms with E-state index in [9.17, 15) is 0 Å². The lowest BCUT2D eigenvalue weighted by atomic mass is 10.1. The monoisotopic (exact) mass is 302 g/mol. The van der Waals surface area contributed by atoms with Crippen LogP contribution in [0.15, 0.2) is 23.2 Å². The maximum absolute atomic E-state index is 6.01. The molecule has 3 N–H and O–H groups in total. The minimum absolute atomic E-state index is 0.505. The number of guanidine groups is 1. The molecule has 1 aromatic carbocycles. The first-order valence-corrected chi connectivity index (χ1v) is 8.42. The fraction of sp³-hybridized carbons (Fsp3) is 0.611. The second-order valence-corrected chi connectivity index (χ2v) is 6.65. The molecule has 0 aliphatic heterocycles.